The van der Waals surface area contributed by atoms with E-state index in [2.05, 4.69) is 5.32 Å². The number of carbonyl (C=O) groups excluding carboxylic acids is 1. The number of methoxy groups -OCH3 is 1. The molecular formula is C16H20N2O3. The Hall–Kier alpha value is -2.06. The number of furan rings is 1. The lowest BCUT2D eigenvalue weighted by atomic mass is 9.56. The van der Waals surface area contributed by atoms with Gasteiger partial charge in [-0.15, -0.1) is 0 Å². The lowest BCUT2D eigenvalue weighted by Gasteiger charge is -2.59. The van der Waals surface area contributed by atoms with Crippen molar-refractivity contribution in [3.05, 3.63) is 29.7 Å². The molecule has 0 unspecified atom stereocenters. The fraction of sp³-hybridized carbons (Fsp3) is 0.500. The second kappa shape index (κ2) is 5.38. The number of nitrogens with zero attached hydrogens (tertiary/aromatic N) is 1. The summed E-state index contributed by atoms with van der Waals surface area (Å²) in [5.41, 5.74) is -0.419. The van der Waals surface area contributed by atoms with Crippen molar-refractivity contribution in [2.24, 2.45) is 5.41 Å². The van der Waals surface area contributed by atoms with Gasteiger partial charge in [0, 0.05) is 24.6 Å². The molecule has 1 N–H and O–H groups in total. The molecule has 5 nitrogen and oxygen atoms in total. The summed E-state index contributed by atoms with van der Waals surface area (Å²) in [4.78, 5) is 12.2. The van der Waals surface area contributed by atoms with E-state index in [0.29, 0.717) is 5.76 Å². The zero-order valence-electron chi connectivity index (χ0n) is 12.8. The van der Waals surface area contributed by atoms with Gasteiger partial charge in [0.1, 0.15) is 17.4 Å². The number of amides is 1. The van der Waals surface area contributed by atoms with E-state index in [1.54, 1.807) is 19.2 Å². The Balaban J connectivity index is 2.07. The van der Waals surface area contributed by atoms with Crippen molar-refractivity contribution in [3.63, 3.8) is 0 Å². The van der Waals surface area contributed by atoms with Gasteiger partial charge in [-0.3, -0.25) is 4.79 Å². The quantitative estimate of drug-likeness (QED) is 0.682. The van der Waals surface area contributed by atoms with Gasteiger partial charge in [0.25, 0.3) is 5.91 Å². The Morgan fingerprint density at radius 3 is 2.76 bits per heavy atom. The van der Waals surface area contributed by atoms with Crippen LogP contribution in [-0.4, -0.2) is 24.7 Å². The van der Waals surface area contributed by atoms with Crippen molar-refractivity contribution in [2.45, 2.75) is 38.8 Å². The van der Waals surface area contributed by atoms with Gasteiger partial charge in [0.05, 0.1) is 11.9 Å². The Morgan fingerprint density at radius 2 is 2.29 bits per heavy atom. The van der Waals surface area contributed by atoms with Crippen LogP contribution < -0.4 is 5.32 Å². The average molecular weight is 288 g/mol. The van der Waals surface area contributed by atoms with E-state index in [1.807, 2.05) is 26.8 Å². The first-order valence-corrected chi connectivity index (χ1v) is 6.85. The largest absolute Gasteiger partial charge is 0.465 e. The van der Waals surface area contributed by atoms with Crippen molar-refractivity contribution in [1.82, 2.24) is 5.32 Å². The standard InChI is InChI=1S/C16H20N2O3/c1-15(2)13(9-16(15,3)20-4)18-14(19)11(10-17)8-12-6-5-7-21-12/h5-8,13H,9H2,1-4H3,(H,18,19)/b11-8-/t13-,16+/m0/s1. The lowest BCUT2D eigenvalue weighted by Crippen LogP contribution is -2.68. The van der Waals surface area contributed by atoms with Crippen LogP contribution in [0.3, 0.4) is 0 Å². The highest BCUT2D eigenvalue weighted by molar-refractivity contribution is 6.01. The third-order valence-corrected chi connectivity index (χ3v) is 4.78. The number of nitrogens with one attached hydrogen (secondary N) is 1. The maximum absolute atomic E-state index is 12.2. The smallest absolute Gasteiger partial charge is 0.262 e. The highest BCUT2D eigenvalue weighted by Crippen LogP contribution is 2.51. The van der Waals surface area contributed by atoms with Crippen LogP contribution in [0.1, 0.15) is 33.0 Å². The van der Waals surface area contributed by atoms with E-state index in [9.17, 15) is 4.79 Å². The SMILES string of the molecule is CO[C@]1(C)C[C@H](NC(=O)/C(C#N)=C\c2ccco2)C1(C)C. The van der Waals surface area contributed by atoms with Crippen molar-refractivity contribution >= 4 is 12.0 Å². The molecule has 5 heteroatoms. The second-order valence-electron chi connectivity index (χ2n) is 6.07. The minimum atomic E-state index is -0.384. The molecule has 1 fully saturated rings. The first-order valence-electron chi connectivity index (χ1n) is 6.85. The summed E-state index contributed by atoms with van der Waals surface area (Å²) in [6, 6.07) is 5.29. The summed E-state index contributed by atoms with van der Waals surface area (Å²) in [7, 11) is 1.68. The molecule has 1 aromatic heterocycles. The Bertz CT molecular complexity index is 596. The molecule has 1 aromatic rings. The maximum atomic E-state index is 12.2. The van der Waals surface area contributed by atoms with Crippen LogP contribution in [0.15, 0.2) is 28.4 Å². The summed E-state index contributed by atoms with van der Waals surface area (Å²) in [5, 5.41) is 12.0. The highest BCUT2D eigenvalue weighted by atomic mass is 16.5. The van der Waals surface area contributed by atoms with E-state index in [-0.39, 0.29) is 28.5 Å². The Labute approximate surface area is 124 Å². The average Bonchev–Trinajstić information content (AvgIpc) is 2.96. The van der Waals surface area contributed by atoms with Crippen LogP contribution in [0.4, 0.5) is 0 Å². The minimum absolute atomic E-state index is 0.0247. The second-order valence-corrected chi connectivity index (χ2v) is 6.07. The van der Waals surface area contributed by atoms with Gasteiger partial charge in [0.2, 0.25) is 0 Å². The molecule has 1 amide bonds. The van der Waals surface area contributed by atoms with Crippen molar-refractivity contribution in [1.29, 1.82) is 5.26 Å². The molecule has 0 aromatic carbocycles. The van der Waals surface area contributed by atoms with E-state index in [4.69, 9.17) is 14.4 Å². The van der Waals surface area contributed by atoms with Crippen LogP contribution in [-0.2, 0) is 9.53 Å². The van der Waals surface area contributed by atoms with E-state index in [1.165, 1.54) is 12.3 Å². The van der Waals surface area contributed by atoms with Crippen LogP contribution in [0.25, 0.3) is 6.08 Å². The predicted octanol–water partition coefficient (Wildman–Crippen LogP) is 2.51. The molecule has 1 aliphatic carbocycles. The molecule has 2 atom stereocenters. The Kier molecular flexibility index (Phi) is 3.93. The fourth-order valence-corrected chi connectivity index (χ4v) is 2.62. The predicted molar refractivity (Wildman–Crippen MR) is 78.0 cm³/mol. The zero-order valence-corrected chi connectivity index (χ0v) is 12.8. The first kappa shape index (κ1) is 15.3. The van der Waals surface area contributed by atoms with Crippen LogP contribution in [0, 0.1) is 16.7 Å². The van der Waals surface area contributed by atoms with Gasteiger partial charge >= 0.3 is 0 Å². The molecule has 0 bridgehead atoms. The van der Waals surface area contributed by atoms with Crippen molar-refractivity contribution < 1.29 is 13.9 Å². The molecule has 0 saturated heterocycles. The van der Waals surface area contributed by atoms with Crippen LogP contribution in [0.5, 0.6) is 0 Å². The van der Waals surface area contributed by atoms with Gasteiger partial charge in [-0.1, -0.05) is 13.8 Å². The third kappa shape index (κ3) is 2.59. The van der Waals surface area contributed by atoms with E-state index >= 15 is 0 Å². The van der Waals surface area contributed by atoms with Gasteiger partial charge < -0.3 is 14.5 Å². The maximum Gasteiger partial charge on any atom is 0.262 e. The number of ether oxygens (including phenoxy) is 1. The molecule has 2 rings (SSSR count). The van der Waals surface area contributed by atoms with Gasteiger partial charge in [-0.25, -0.2) is 0 Å². The minimum Gasteiger partial charge on any atom is -0.465 e. The number of hydrogen-bond donors (Lipinski definition) is 1. The topological polar surface area (TPSA) is 75.3 Å². The lowest BCUT2D eigenvalue weighted by molar-refractivity contribution is -0.181. The number of nitriles is 1. The fourth-order valence-electron chi connectivity index (χ4n) is 2.62. The molecule has 0 radical (unpaired) electrons. The molecule has 112 valence electrons. The van der Waals surface area contributed by atoms with Crippen molar-refractivity contribution in [2.75, 3.05) is 7.11 Å². The van der Waals surface area contributed by atoms with E-state index < -0.39 is 0 Å². The first-order chi connectivity index (χ1) is 9.84. The molecule has 1 saturated carbocycles. The molecular weight excluding hydrogens is 268 g/mol. The van der Waals surface area contributed by atoms with Gasteiger partial charge in [0.15, 0.2) is 0 Å². The molecule has 1 heterocycles. The van der Waals surface area contributed by atoms with Crippen LogP contribution in [0.2, 0.25) is 0 Å². The molecule has 0 aliphatic heterocycles. The molecule has 21 heavy (non-hydrogen) atoms. The van der Waals surface area contributed by atoms with Gasteiger partial charge in [-0.05, 0) is 25.5 Å². The molecule has 1 aliphatic rings. The summed E-state index contributed by atoms with van der Waals surface area (Å²) in [5.74, 6) is 0.0985. The Morgan fingerprint density at radius 1 is 1.57 bits per heavy atom. The zero-order chi connectivity index (χ0) is 15.7. The summed E-state index contributed by atoms with van der Waals surface area (Å²) < 4.78 is 10.7. The third-order valence-electron chi connectivity index (χ3n) is 4.78. The number of carbonyl (C=O) groups is 1. The molecule has 0 spiro atoms. The van der Waals surface area contributed by atoms with Gasteiger partial charge in [-0.2, -0.15) is 5.26 Å². The van der Waals surface area contributed by atoms with Crippen molar-refractivity contribution in [3.8, 4) is 6.07 Å². The van der Waals surface area contributed by atoms with E-state index in [0.717, 1.165) is 6.42 Å². The summed E-state index contributed by atoms with van der Waals surface area (Å²) in [6.45, 7) is 6.13. The summed E-state index contributed by atoms with van der Waals surface area (Å²) >= 11 is 0. The monoisotopic (exact) mass is 288 g/mol. The summed E-state index contributed by atoms with van der Waals surface area (Å²) in [6.07, 6.45) is 3.66. The van der Waals surface area contributed by atoms with Crippen LogP contribution >= 0.6 is 0 Å². The number of rotatable bonds is 4. The highest BCUT2D eigenvalue weighted by Gasteiger charge is 2.58. The normalized spacial score (nSPS) is 27.6. The number of hydrogen-bond acceptors (Lipinski definition) is 4.